The molecule has 322 valence electrons. The molecule has 1 aromatic rings. The maximum atomic E-state index is 13.0. The summed E-state index contributed by atoms with van der Waals surface area (Å²) in [6.07, 6.45) is 45.4. The van der Waals surface area contributed by atoms with E-state index in [0.29, 0.717) is 12.8 Å². The molecule has 57 heavy (non-hydrogen) atoms. The standard InChI is InChI=1S/C48H82O7S.Na/c1-3-5-7-9-11-13-15-17-19-21-23-25-27-29-31-33-35-37-42-54-47(49)44-40-39-41-45(56(51,52)53)46(44)48(50)55-43-38-36-34-32-30-28-26-24-22-20-18-16-14-12-10-8-6-4-2;/h3-4,39-41H,1-2,5-38,42-43H2,(H,51,52,53);/q;+1/p-1. The molecule has 1 aromatic carbocycles. The van der Waals surface area contributed by atoms with Gasteiger partial charge < -0.3 is 14.0 Å². The number of rotatable bonds is 41. The Morgan fingerprint density at radius 1 is 0.474 bits per heavy atom. The molecule has 0 unspecified atom stereocenters. The number of benzene rings is 1. The van der Waals surface area contributed by atoms with Crippen LogP contribution in [0, 0.1) is 0 Å². The van der Waals surface area contributed by atoms with Crippen molar-refractivity contribution in [3.8, 4) is 0 Å². The summed E-state index contributed by atoms with van der Waals surface area (Å²) in [5, 5.41) is 0. The fraction of sp³-hybridized carbons (Fsp3) is 0.750. The van der Waals surface area contributed by atoms with Crippen molar-refractivity contribution in [3.05, 3.63) is 54.6 Å². The Morgan fingerprint density at radius 2 is 0.754 bits per heavy atom. The van der Waals surface area contributed by atoms with E-state index >= 15 is 0 Å². The summed E-state index contributed by atoms with van der Waals surface area (Å²) in [6, 6.07) is 3.63. The third-order valence-corrected chi connectivity index (χ3v) is 11.7. The van der Waals surface area contributed by atoms with Crippen LogP contribution in [-0.2, 0) is 19.6 Å². The van der Waals surface area contributed by atoms with E-state index in [-0.39, 0.29) is 48.3 Å². The van der Waals surface area contributed by atoms with Crippen LogP contribution < -0.4 is 29.6 Å². The van der Waals surface area contributed by atoms with Gasteiger partial charge in [0.05, 0.1) is 29.2 Å². The predicted molar refractivity (Wildman–Crippen MR) is 232 cm³/mol. The van der Waals surface area contributed by atoms with E-state index in [1.165, 1.54) is 166 Å². The average Bonchev–Trinajstić information content (AvgIpc) is 3.18. The minimum Gasteiger partial charge on any atom is -0.744 e. The summed E-state index contributed by atoms with van der Waals surface area (Å²) in [5.74, 6) is -1.81. The zero-order valence-electron chi connectivity index (χ0n) is 36.5. The maximum Gasteiger partial charge on any atom is 1.00 e. The van der Waals surface area contributed by atoms with E-state index in [2.05, 4.69) is 13.2 Å². The Kier molecular flexibility index (Phi) is 39.0. The summed E-state index contributed by atoms with van der Waals surface area (Å²) in [7, 11) is -5.02. The molecule has 0 radical (unpaired) electrons. The minimum atomic E-state index is -5.02. The van der Waals surface area contributed by atoms with Crippen LogP contribution in [-0.4, -0.2) is 38.1 Å². The van der Waals surface area contributed by atoms with Gasteiger partial charge in [0.25, 0.3) is 0 Å². The van der Waals surface area contributed by atoms with Gasteiger partial charge in [-0.15, -0.1) is 13.2 Å². The van der Waals surface area contributed by atoms with Gasteiger partial charge in [0.2, 0.25) is 0 Å². The van der Waals surface area contributed by atoms with E-state index in [4.69, 9.17) is 9.47 Å². The van der Waals surface area contributed by atoms with Gasteiger partial charge in [0, 0.05) is 0 Å². The predicted octanol–water partition coefficient (Wildman–Crippen LogP) is 11.5. The number of unbranched alkanes of at least 4 members (excludes halogenated alkanes) is 32. The van der Waals surface area contributed by atoms with Gasteiger partial charge in [0.1, 0.15) is 10.1 Å². The molecule has 0 amide bonds. The van der Waals surface area contributed by atoms with E-state index < -0.39 is 32.5 Å². The third kappa shape index (κ3) is 32.1. The molecule has 0 heterocycles. The van der Waals surface area contributed by atoms with Crippen molar-refractivity contribution in [1.82, 2.24) is 0 Å². The van der Waals surface area contributed by atoms with Gasteiger partial charge >= 0.3 is 41.5 Å². The molecule has 9 heteroatoms. The van der Waals surface area contributed by atoms with Crippen LogP contribution in [0.5, 0.6) is 0 Å². The maximum absolute atomic E-state index is 13.0. The SMILES string of the molecule is C=CCCCCCCCCCCCCCCCCCCOC(=O)c1cccc(S(=O)(=O)[O-])c1C(=O)OCCCCCCCCCCCCCCCCCCC=C.[Na+]. The second-order valence-corrected chi connectivity index (χ2v) is 17.2. The molecular weight excluding hydrogens is 744 g/mol. The van der Waals surface area contributed by atoms with Crippen molar-refractivity contribution in [1.29, 1.82) is 0 Å². The van der Waals surface area contributed by atoms with Crippen molar-refractivity contribution < 1.29 is 61.6 Å². The molecule has 0 aromatic heterocycles. The molecule has 0 atom stereocenters. The summed E-state index contributed by atoms with van der Waals surface area (Å²) in [6.45, 7) is 7.81. The van der Waals surface area contributed by atoms with Gasteiger partial charge in [-0.3, -0.25) is 0 Å². The first kappa shape index (κ1) is 55.5. The van der Waals surface area contributed by atoms with Crippen LogP contribution >= 0.6 is 0 Å². The first-order valence-electron chi connectivity index (χ1n) is 23.0. The number of esters is 2. The molecular formula is C48H81NaO7S. The first-order chi connectivity index (χ1) is 27.3. The monoisotopic (exact) mass is 825 g/mol. The molecule has 0 N–H and O–H groups in total. The number of ether oxygens (including phenoxy) is 2. The van der Waals surface area contributed by atoms with Crippen LogP contribution in [0.2, 0.25) is 0 Å². The molecule has 0 aliphatic carbocycles. The number of hydrogen-bond acceptors (Lipinski definition) is 7. The topological polar surface area (TPSA) is 110 Å². The van der Waals surface area contributed by atoms with E-state index in [0.717, 1.165) is 57.4 Å². The van der Waals surface area contributed by atoms with Crippen LogP contribution in [0.4, 0.5) is 0 Å². The average molecular weight is 825 g/mol. The van der Waals surface area contributed by atoms with Gasteiger partial charge in [0.15, 0.2) is 0 Å². The second-order valence-electron chi connectivity index (χ2n) is 15.9. The Bertz CT molecular complexity index is 1250. The van der Waals surface area contributed by atoms with Crippen molar-refractivity contribution in [2.45, 2.75) is 223 Å². The summed E-state index contributed by atoms with van der Waals surface area (Å²) >= 11 is 0. The molecule has 0 spiro atoms. The van der Waals surface area contributed by atoms with Gasteiger partial charge in [-0.1, -0.05) is 198 Å². The van der Waals surface area contributed by atoms with Gasteiger partial charge in [-0.05, 0) is 50.7 Å². The molecule has 1 rings (SSSR count). The van der Waals surface area contributed by atoms with Crippen molar-refractivity contribution in [2.75, 3.05) is 13.2 Å². The Labute approximate surface area is 372 Å². The summed E-state index contributed by atoms with van der Waals surface area (Å²) in [5.41, 5.74) is -0.775. The molecule has 0 saturated heterocycles. The first-order valence-corrected chi connectivity index (χ1v) is 24.4. The van der Waals surface area contributed by atoms with Crippen LogP contribution in [0.15, 0.2) is 48.4 Å². The van der Waals surface area contributed by atoms with E-state index in [1.807, 2.05) is 12.2 Å². The molecule has 0 saturated carbocycles. The zero-order chi connectivity index (χ0) is 40.8. The number of allylic oxidation sites excluding steroid dienone is 2. The minimum absolute atomic E-state index is 0. The smallest absolute Gasteiger partial charge is 0.744 e. The van der Waals surface area contributed by atoms with Crippen molar-refractivity contribution >= 4 is 22.1 Å². The number of carbonyl (C=O) groups is 2. The van der Waals surface area contributed by atoms with E-state index in [1.54, 1.807) is 0 Å². The van der Waals surface area contributed by atoms with Crippen LogP contribution in [0.25, 0.3) is 0 Å². The number of hydrogen-bond donors (Lipinski definition) is 0. The second kappa shape index (κ2) is 40.0. The van der Waals surface area contributed by atoms with Crippen LogP contribution in [0.3, 0.4) is 0 Å². The largest absolute Gasteiger partial charge is 1.00 e. The molecule has 7 nitrogen and oxygen atoms in total. The van der Waals surface area contributed by atoms with E-state index in [9.17, 15) is 22.6 Å². The fourth-order valence-corrected chi connectivity index (χ4v) is 8.02. The third-order valence-electron chi connectivity index (χ3n) is 10.8. The van der Waals surface area contributed by atoms with Crippen molar-refractivity contribution in [3.63, 3.8) is 0 Å². The fourth-order valence-electron chi connectivity index (χ4n) is 7.33. The summed E-state index contributed by atoms with van der Waals surface area (Å²) in [4.78, 5) is 25.2. The summed E-state index contributed by atoms with van der Waals surface area (Å²) < 4.78 is 46.8. The molecule has 0 fully saturated rings. The molecule has 0 bridgehead atoms. The van der Waals surface area contributed by atoms with Crippen molar-refractivity contribution in [2.24, 2.45) is 0 Å². The normalized spacial score (nSPS) is 11.2. The zero-order valence-corrected chi connectivity index (χ0v) is 39.3. The van der Waals surface area contributed by atoms with Gasteiger partial charge in [-0.2, -0.15) is 0 Å². The molecule has 0 aliphatic heterocycles. The number of carbonyl (C=O) groups excluding carboxylic acids is 2. The molecule has 0 aliphatic rings. The quantitative estimate of drug-likeness (QED) is 0.0213. The Balaban J connectivity index is 0.0000314. The Morgan fingerprint density at radius 3 is 1.05 bits per heavy atom. The van der Waals surface area contributed by atoms with Gasteiger partial charge in [-0.25, -0.2) is 18.0 Å². The van der Waals surface area contributed by atoms with Crippen LogP contribution in [0.1, 0.15) is 239 Å². The Hall–Kier alpha value is -1.45.